The van der Waals surface area contributed by atoms with Crippen molar-refractivity contribution in [3.8, 4) is 11.3 Å². The molecule has 0 aliphatic heterocycles. The van der Waals surface area contributed by atoms with Crippen molar-refractivity contribution in [3.63, 3.8) is 0 Å². The molecule has 0 unspecified atom stereocenters. The van der Waals surface area contributed by atoms with Gasteiger partial charge in [0.15, 0.2) is 11.7 Å². The Balaban J connectivity index is 2.39. The predicted octanol–water partition coefficient (Wildman–Crippen LogP) is 4.54. The van der Waals surface area contributed by atoms with Crippen molar-refractivity contribution in [1.29, 1.82) is 0 Å². The van der Waals surface area contributed by atoms with Gasteiger partial charge in [-0.2, -0.15) is 0 Å². The summed E-state index contributed by atoms with van der Waals surface area (Å²) >= 11 is 15.1. The lowest BCUT2D eigenvalue weighted by Gasteiger charge is -2.01. The minimum atomic E-state index is 0.492. The summed E-state index contributed by atoms with van der Waals surface area (Å²) in [5, 5.41) is 0.621. The molecule has 0 aliphatic carbocycles. The van der Waals surface area contributed by atoms with Crippen LogP contribution in [-0.2, 0) is 6.42 Å². The molecular weight excluding hydrogens is 313 g/mol. The zero-order valence-corrected chi connectivity index (χ0v) is 11.3. The average molecular weight is 321 g/mol. The first-order valence-corrected chi connectivity index (χ1v) is 6.38. The monoisotopic (exact) mass is 319 g/mol. The highest BCUT2D eigenvalue weighted by molar-refractivity contribution is 9.10. The SMILES string of the molecule is ClCCc1ncc(-c2cccc(Br)c2Cl)o1. The van der Waals surface area contributed by atoms with Crippen LogP contribution in [0.2, 0.25) is 5.02 Å². The van der Waals surface area contributed by atoms with Crippen LogP contribution in [0.25, 0.3) is 11.3 Å². The van der Waals surface area contributed by atoms with E-state index in [0.29, 0.717) is 29.0 Å². The molecule has 2 aromatic rings. The largest absolute Gasteiger partial charge is 0.441 e. The molecule has 0 N–H and O–H groups in total. The van der Waals surface area contributed by atoms with Gasteiger partial charge in [0.05, 0.1) is 11.2 Å². The van der Waals surface area contributed by atoms with Crippen LogP contribution in [0.3, 0.4) is 0 Å². The number of aromatic nitrogens is 1. The fourth-order valence-electron chi connectivity index (χ4n) is 1.33. The summed E-state index contributed by atoms with van der Waals surface area (Å²) < 4.78 is 6.38. The molecule has 0 atom stereocenters. The molecule has 84 valence electrons. The first-order valence-electron chi connectivity index (χ1n) is 4.67. The Kier molecular flexibility index (Phi) is 3.90. The molecule has 1 aromatic carbocycles. The number of rotatable bonds is 3. The van der Waals surface area contributed by atoms with Gasteiger partial charge in [-0.25, -0.2) is 4.98 Å². The molecule has 1 aromatic heterocycles. The summed E-state index contributed by atoms with van der Waals surface area (Å²) in [5.41, 5.74) is 0.823. The van der Waals surface area contributed by atoms with Gasteiger partial charge in [0.2, 0.25) is 0 Å². The normalized spacial score (nSPS) is 10.7. The van der Waals surface area contributed by atoms with Gasteiger partial charge in [-0.1, -0.05) is 17.7 Å². The molecule has 0 radical (unpaired) electrons. The Morgan fingerprint density at radius 2 is 2.19 bits per heavy atom. The Hall–Kier alpha value is -0.510. The van der Waals surface area contributed by atoms with E-state index in [1.165, 1.54) is 0 Å². The van der Waals surface area contributed by atoms with Crippen LogP contribution in [0.1, 0.15) is 5.89 Å². The van der Waals surface area contributed by atoms with Crippen LogP contribution in [0.4, 0.5) is 0 Å². The molecule has 1 heterocycles. The van der Waals surface area contributed by atoms with Crippen LogP contribution in [0.15, 0.2) is 33.3 Å². The zero-order chi connectivity index (χ0) is 11.5. The fraction of sp³-hybridized carbons (Fsp3) is 0.182. The minimum Gasteiger partial charge on any atom is -0.441 e. The van der Waals surface area contributed by atoms with E-state index < -0.39 is 0 Å². The molecule has 16 heavy (non-hydrogen) atoms. The molecule has 5 heteroatoms. The number of hydrogen-bond acceptors (Lipinski definition) is 2. The molecule has 0 amide bonds. The van der Waals surface area contributed by atoms with E-state index >= 15 is 0 Å². The molecule has 0 saturated heterocycles. The van der Waals surface area contributed by atoms with E-state index in [4.69, 9.17) is 27.6 Å². The van der Waals surface area contributed by atoms with Crippen molar-refractivity contribution in [2.75, 3.05) is 5.88 Å². The van der Waals surface area contributed by atoms with Gasteiger partial charge in [-0.05, 0) is 28.1 Å². The van der Waals surface area contributed by atoms with Gasteiger partial charge < -0.3 is 4.42 Å². The Bertz CT molecular complexity index is 498. The fourth-order valence-corrected chi connectivity index (χ4v) is 2.07. The van der Waals surface area contributed by atoms with Crippen LogP contribution in [0, 0.1) is 0 Å². The predicted molar refractivity (Wildman–Crippen MR) is 69.1 cm³/mol. The number of alkyl halides is 1. The smallest absolute Gasteiger partial charge is 0.196 e. The van der Waals surface area contributed by atoms with Gasteiger partial charge in [0.1, 0.15) is 0 Å². The summed E-state index contributed by atoms with van der Waals surface area (Å²) in [4.78, 5) is 4.13. The summed E-state index contributed by atoms with van der Waals surface area (Å²) in [6.45, 7) is 0. The second-order valence-electron chi connectivity index (χ2n) is 3.16. The standard InChI is InChI=1S/C11H8BrCl2NO/c12-8-3-1-2-7(11(8)14)9-6-15-10(16-9)4-5-13/h1-3,6H,4-5H2. The Morgan fingerprint density at radius 1 is 1.38 bits per heavy atom. The first kappa shape index (κ1) is 12.0. The number of benzene rings is 1. The highest BCUT2D eigenvalue weighted by Crippen LogP contribution is 2.33. The second-order valence-corrected chi connectivity index (χ2v) is 4.77. The molecule has 0 saturated carbocycles. The lowest BCUT2D eigenvalue weighted by Crippen LogP contribution is -1.83. The van der Waals surface area contributed by atoms with Crippen LogP contribution in [0.5, 0.6) is 0 Å². The highest BCUT2D eigenvalue weighted by atomic mass is 79.9. The van der Waals surface area contributed by atoms with Gasteiger partial charge in [-0.3, -0.25) is 0 Å². The summed E-state index contributed by atoms with van der Waals surface area (Å²) in [7, 11) is 0. The summed E-state index contributed by atoms with van der Waals surface area (Å²) in [6.07, 6.45) is 2.28. The van der Waals surface area contributed by atoms with Crippen molar-refractivity contribution >= 4 is 39.1 Å². The lowest BCUT2D eigenvalue weighted by atomic mass is 10.2. The average Bonchev–Trinajstić information content (AvgIpc) is 2.71. The topological polar surface area (TPSA) is 26.0 Å². The van der Waals surface area contributed by atoms with Crippen LogP contribution < -0.4 is 0 Å². The van der Waals surface area contributed by atoms with Gasteiger partial charge in [-0.15, -0.1) is 11.6 Å². The van der Waals surface area contributed by atoms with Crippen molar-refractivity contribution in [2.45, 2.75) is 6.42 Å². The van der Waals surface area contributed by atoms with Gasteiger partial charge in [0, 0.05) is 22.3 Å². The summed E-state index contributed by atoms with van der Waals surface area (Å²) in [6, 6.07) is 5.66. The molecule has 0 spiro atoms. The summed E-state index contributed by atoms with van der Waals surface area (Å²) in [5.74, 6) is 1.78. The number of nitrogens with zero attached hydrogens (tertiary/aromatic N) is 1. The second kappa shape index (κ2) is 5.21. The van der Waals surface area contributed by atoms with E-state index in [2.05, 4.69) is 20.9 Å². The lowest BCUT2D eigenvalue weighted by molar-refractivity contribution is 0.515. The molecule has 0 aliphatic rings. The third kappa shape index (κ3) is 2.42. The van der Waals surface area contributed by atoms with Crippen molar-refractivity contribution in [3.05, 3.63) is 39.8 Å². The van der Waals surface area contributed by atoms with Crippen molar-refractivity contribution in [1.82, 2.24) is 4.98 Å². The third-order valence-corrected chi connectivity index (χ3v) is 3.56. The molecule has 2 nitrogen and oxygen atoms in total. The highest BCUT2D eigenvalue weighted by Gasteiger charge is 2.11. The maximum absolute atomic E-state index is 6.15. The molecule has 0 fully saturated rings. The van der Waals surface area contributed by atoms with Gasteiger partial charge in [0.25, 0.3) is 0 Å². The number of hydrogen-bond donors (Lipinski definition) is 0. The van der Waals surface area contributed by atoms with E-state index in [0.717, 1.165) is 10.0 Å². The van der Waals surface area contributed by atoms with E-state index in [1.807, 2.05) is 18.2 Å². The van der Waals surface area contributed by atoms with E-state index in [9.17, 15) is 0 Å². The number of aryl methyl sites for hydroxylation is 1. The van der Waals surface area contributed by atoms with Gasteiger partial charge >= 0.3 is 0 Å². The maximum Gasteiger partial charge on any atom is 0.196 e. The first-order chi connectivity index (χ1) is 7.72. The third-order valence-electron chi connectivity index (χ3n) is 2.08. The number of oxazole rings is 1. The quantitative estimate of drug-likeness (QED) is 0.776. The zero-order valence-electron chi connectivity index (χ0n) is 8.21. The van der Waals surface area contributed by atoms with Crippen LogP contribution >= 0.6 is 39.1 Å². The van der Waals surface area contributed by atoms with E-state index in [-0.39, 0.29) is 0 Å². The minimum absolute atomic E-state index is 0.492. The van der Waals surface area contributed by atoms with Crippen molar-refractivity contribution < 1.29 is 4.42 Å². The van der Waals surface area contributed by atoms with Crippen LogP contribution in [-0.4, -0.2) is 10.9 Å². The maximum atomic E-state index is 6.15. The molecule has 0 bridgehead atoms. The Morgan fingerprint density at radius 3 is 2.94 bits per heavy atom. The molecular formula is C11H8BrCl2NO. The van der Waals surface area contributed by atoms with E-state index in [1.54, 1.807) is 6.20 Å². The molecule has 2 rings (SSSR count). The number of halogens is 3. The van der Waals surface area contributed by atoms with Crippen molar-refractivity contribution in [2.24, 2.45) is 0 Å². The Labute approximate surface area is 112 Å².